The van der Waals surface area contributed by atoms with E-state index < -0.39 is 0 Å². The number of rotatable bonds is 14. The second-order valence-corrected chi connectivity index (χ2v) is 12.7. The van der Waals surface area contributed by atoms with Crippen molar-refractivity contribution in [1.29, 1.82) is 0 Å². The van der Waals surface area contributed by atoms with Crippen molar-refractivity contribution in [2.24, 2.45) is 28.7 Å². The molecule has 0 aromatic carbocycles. The van der Waals surface area contributed by atoms with Gasteiger partial charge in [0.25, 0.3) is 0 Å². The molecule has 6 nitrogen and oxygen atoms in total. The summed E-state index contributed by atoms with van der Waals surface area (Å²) in [5, 5.41) is -0.318. The molecule has 1 heterocycles. The molecular formula is C23H49N3O3S. The van der Waals surface area contributed by atoms with Crippen molar-refractivity contribution in [2.75, 3.05) is 19.9 Å². The van der Waals surface area contributed by atoms with E-state index in [9.17, 15) is 0 Å². The predicted molar refractivity (Wildman–Crippen MR) is 128 cm³/mol. The summed E-state index contributed by atoms with van der Waals surface area (Å²) in [4.78, 5) is 0. The number of nitrogens with zero attached hydrogens (tertiary/aromatic N) is 1. The molecule has 1 aliphatic heterocycles. The number of hydrogen-bond donors (Lipinski definition) is 2. The Balaban J connectivity index is 2.45. The minimum atomic E-state index is -0.318. The van der Waals surface area contributed by atoms with Gasteiger partial charge in [0.1, 0.15) is 6.73 Å². The third kappa shape index (κ3) is 8.57. The first-order chi connectivity index (χ1) is 13.4. The van der Waals surface area contributed by atoms with Crippen LogP contribution < -0.4 is 11.5 Å². The van der Waals surface area contributed by atoms with E-state index in [2.05, 4.69) is 59.7 Å². The highest BCUT2D eigenvalue weighted by Crippen LogP contribution is 2.52. The van der Waals surface area contributed by atoms with Crippen LogP contribution in [0.25, 0.3) is 0 Å². The molecule has 1 saturated heterocycles. The van der Waals surface area contributed by atoms with E-state index in [1.165, 1.54) is 0 Å². The molecule has 4 N–H and O–H groups in total. The second kappa shape index (κ2) is 10.4. The summed E-state index contributed by atoms with van der Waals surface area (Å²) >= 11 is 1.68. The van der Waals surface area contributed by atoms with Gasteiger partial charge in [0.2, 0.25) is 0 Å². The first kappa shape index (κ1) is 28.1. The van der Waals surface area contributed by atoms with Gasteiger partial charge in [-0.25, -0.2) is 0 Å². The molecule has 0 spiro atoms. The molecule has 0 saturated carbocycles. The standard InChI is InChI=1S/C23H49N3O3S/c1-16(13-28-20(5,6)12-18(3)24)21(7,8)19(4)27-15-26-23(11,30-26)29-14-17(2)22(9,10)25/h16-19H,12-15,24-25H2,1-11H3. The second-order valence-electron chi connectivity index (χ2n) is 11.3. The number of ether oxygens (including phenoxy) is 3. The maximum atomic E-state index is 6.24. The fourth-order valence-electron chi connectivity index (χ4n) is 3.12. The van der Waals surface area contributed by atoms with Crippen LogP contribution in [0.3, 0.4) is 0 Å². The van der Waals surface area contributed by atoms with Crippen molar-refractivity contribution in [2.45, 2.75) is 111 Å². The largest absolute Gasteiger partial charge is 0.375 e. The molecule has 0 aromatic heterocycles. The van der Waals surface area contributed by atoms with Crippen molar-refractivity contribution in [3.63, 3.8) is 0 Å². The molecule has 0 amide bonds. The van der Waals surface area contributed by atoms with Crippen molar-refractivity contribution in [3.8, 4) is 0 Å². The van der Waals surface area contributed by atoms with Crippen LogP contribution in [0.2, 0.25) is 0 Å². The van der Waals surface area contributed by atoms with Gasteiger partial charge in [0.05, 0.1) is 24.9 Å². The molecule has 6 unspecified atom stereocenters. The first-order valence-electron chi connectivity index (χ1n) is 11.3. The van der Waals surface area contributed by atoms with Gasteiger partial charge in [-0.05, 0) is 84.1 Å². The molecule has 0 bridgehead atoms. The third-order valence-corrected chi connectivity index (χ3v) is 8.05. The van der Waals surface area contributed by atoms with E-state index in [4.69, 9.17) is 25.7 Å². The quantitative estimate of drug-likeness (QED) is 0.298. The Bertz CT molecular complexity index is 536. The van der Waals surface area contributed by atoms with Crippen LogP contribution in [0.15, 0.2) is 0 Å². The van der Waals surface area contributed by atoms with E-state index in [-0.39, 0.29) is 39.7 Å². The Morgan fingerprint density at radius 3 is 2.03 bits per heavy atom. The molecule has 30 heavy (non-hydrogen) atoms. The Morgan fingerprint density at radius 2 is 1.53 bits per heavy atom. The van der Waals surface area contributed by atoms with Gasteiger partial charge in [-0.1, -0.05) is 27.7 Å². The van der Waals surface area contributed by atoms with Crippen molar-refractivity contribution in [3.05, 3.63) is 0 Å². The number of hydrogen-bond acceptors (Lipinski definition) is 7. The van der Waals surface area contributed by atoms with Gasteiger partial charge in [-0.3, -0.25) is 0 Å². The van der Waals surface area contributed by atoms with Crippen LogP contribution >= 0.6 is 11.9 Å². The zero-order valence-electron chi connectivity index (χ0n) is 21.4. The van der Waals surface area contributed by atoms with Gasteiger partial charge in [0, 0.05) is 11.6 Å². The van der Waals surface area contributed by atoms with E-state index in [1.54, 1.807) is 11.9 Å². The Hall–Kier alpha value is 0.110. The predicted octanol–water partition coefficient (Wildman–Crippen LogP) is 4.57. The fraction of sp³-hybridized carbons (Fsp3) is 1.00. The lowest BCUT2D eigenvalue weighted by molar-refractivity contribution is -0.113. The average Bonchev–Trinajstić information content (AvgIpc) is 3.23. The summed E-state index contributed by atoms with van der Waals surface area (Å²) in [5.74, 6) is 0.625. The lowest BCUT2D eigenvalue weighted by Crippen LogP contribution is -2.42. The van der Waals surface area contributed by atoms with Gasteiger partial charge in [-0.15, -0.1) is 0 Å². The topological polar surface area (TPSA) is 82.7 Å². The van der Waals surface area contributed by atoms with E-state index in [0.717, 1.165) is 6.42 Å². The fourth-order valence-corrected chi connectivity index (χ4v) is 3.82. The lowest BCUT2D eigenvalue weighted by atomic mass is 9.76. The van der Waals surface area contributed by atoms with E-state index in [1.807, 2.05) is 20.8 Å². The van der Waals surface area contributed by atoms with Gasteiger partial charge in [-0.2, -0.15) is 4.31 Å². The molecule has 6 atom stereocenters. The summed E-state index contributed by atoms with van der Waals surface area (Å²) in [6.07, 6.45) is 0.927. The van der Waals surface area contributed by atoms with Crippen molar-refractivity contribution >= 4 is 11.9 Å². The van der Waals surface area contributed by atoms with Crippen LogP contribution in [-0.2, 0) is 14.2 Å². The van der Waals surface area contributed by atoms with E-state index in [0.29, 0.717) is 25.9 Å². The van der Waals surface area contributed by atoms with Crippen LogP contribution in [0.1, 0.15) is 82.6 Å². The van der Waals surface area contributed by atoms with Crippen LogP contribution in [0.4, 0.5) is 0 Å². The minimum Gasteiger partial charge on any atom is -0.375 e. The Morgan fingerprint density at radius 1 is 0.967 bits per heavy atom. The van der Waals surface area contributed by atoms with Crippen LogP contribution in [-0.4, -0.2) is 52.6 Å². The summed E-state index contributed by atoms with van der Waals surface area (Å²) in [6, 6.07) is 0.131. The summed E-state index contributed by atoms with van der Waals surface area (Å²) in [7, 11) is 0. The van der Waals surface area contributed by atoms with Crippen LogP contribution in [0, 0.1) is 17.3 Å². The highest BCUT2D eigenvalue weighted by atomic mass is 32.2. The maximum absolute atomic E-state index is 6.24. The maximum Gasteiger partial charge on any atom is 0.191 e. The summed E-state index contributed by atoms with van der Waals surface area (Å²) < 4.78 is 20.7. The summed E-state index contributed by atoms with van der Waals surface area (Å²) in [6.45, 7) is 25.3. The average molecular weight is 448 g/mol. The van der Waals surface area contributed by atoms with E-state index >= 15 is 0 Å². The zero-order chi connectivity index (χ0) is 23.5. The first-order valence-corrected chi connectivity index (χ1v) is 12.1. The monoisotopic (exact) mass is 447 g/mol. The number of nitrogens with two attached hydrogens (primary N) is 2. The van der Waals surface area contributed by atoms with Crippen LogP contribution in [0.5, 0.6) is 0 Å². The molecular weight excluding hydrogens is 398 g/mol. The molecule has 180 valence electrons. The zero-order valence-corrected chi connectivity index (χ0v) is 22.2. The van der Waals surface area contributed by atoms with Crippen molar-refractivity contribution < 1.29 is 14.2 Å². The van der Waals surface area contributed by atoms with Gasteiger partial charge in [0.15, 0.2) is 5.06 Å². The SMILES string of the molecule is CC(N)CC(C)(C)OCC(C)C(C)(C)C(C)OCN1SC1(C)OCC(C)C(C)(C)N. The van der Waals surface area contributed by atoms with Gasteiger partial charge < -0.3 is 25.7 Å². The molecule has 0 radical (unpaired) electrons. The molecule has 1 fully saturated rings. The normalized spacial score (nSPS) is 26.9. The molecule has 1 aliphatic rings. The third-order valence-electron chi connectivity index (χ3n) is 6.87. The summed E-state index contributed by atoms with van der Waals surface area (Å²) in [5.41, 5.74) is 11.6. The molecule has 1 rings (SSSR count). The highest BCUT2D eigenvalue weighted by molar-refractivity contribution is 8.04. The molecule has 0 aliphatic carbocycles. The Labute approximate surface area is 190 Å². The smallest absolute Gasteiger partial charge is 0.191 e. The van der Waals surface area contributed by atoms with Gasteiger partial charge >= 0.3 is 0 Å². The Kier molecular flexibility index (Phi) is 9.72. The highest BCUT2D eigenvalue weighted by Gasteiger charge is 2.52. The molecule has 7 heteroatoms. The van der Waals surface area contributed by atoms with Crippen molar-refractivity contribution in [1.82, 2.24) is 4.31 Å². The minimum absolute atomic E-state index is 0.0273. The lowest BCUT2D eigenvalue weighted by Gasteiger charge is -2.39. The molecule has 0 aromatic rings.